The molecule has 0 unspecified atom stereocenters. The molecular weight excluding hydrogens is 285 g/mol. The molecule has 1 aromatic carbocycles. The van der Waals surface area contributed by atoms with Crippen molar-refractivity contribution in [2.45, 2.75) is 20.0 Å². The van der Waals surface area contributed by atoms with Gasteiger partial charge in [0, 0.05) is 17.4 Å². The highest BCUT2D eigenvalue weighted by molar-refractivity contribution is 6.60. The molecule has 0 bridgehead atoms. The average Bonchev–Trinajstić information content (AvgIpc) is 2.47. The van der Waals surface area contributed by atoms with Gasteiger partial charge in [0.2, 0.25) is 0 Å². The first kappa shape index (κ1) is 17.2. The van der Waals surface area contributed by atoms with Crippen molar-refractivity contribution in [2.24, 2.45) is 0 Å². The summed E-state index contributed by atoms with van der Waals surface area (Å²) in [7, 11) is -1.78. The number of rotatable bonds is 5. The van der Waals surface area contributed by atoms with Gasteiger partial charge in [0.15, 0.2) is 0 Å². The second-order valence-electron chi connectivity index (χ2n) is 4.56. The molecule has 0 aliphatic heterocycles. The van der Waals surface area contributed by atoms with Crippen LogP contribution in [0.15, 0.2) is 30.0 Å². The predicted molar refractivity (Wildman–Crippen MR) is 79.8 cm³/mol. The van der Waals surface area contributed by atoms with Crippen molar-refractivity contribution in [3.05, 3.63) is 35.5 Å². The Morgan fingerprint density at radius 1 is 1.36 bits per heavy atom. The molecule has 0 aliphatic carbocycles. The largest absolute Gasteiger partial charge is 0.490 e. The van der Waals surface area contributed by atoms with E-state index in [0.29, 0.717) is 0 Å². The van der Waals surface area contributed by atoms with E-state index in [1.54, 1.807) is 26.0 Å². The van der Waals surface area contributed by atoms with Crippen LogP contribution >= 0.6 is 0 Å². The number of anilines is 1. The van der Waals surface area contributed by atoms with Gasteiger partial charge in [-0.2, -0.15) is 10.5 Å². The Kier molecular flexibility index (Phi) is 6.15. The Balaban J connectivity index is 3.17. The average molecular weight is 299 g/mol. The van der Waals surface area contributed by atoms with Gasteiger partial charge in [-0.3, -0.25) is 0 Å². The molecule has 7 nitrogen and oxygen atoms in total. The minimum Gasteiger partial charge on any atom is -0.459 e. The van der Waals surface area contributed by atoms with E-state index in [9.17, 15) is 14.8 Å². The number of esters is 1. The Hall–Kier alpha value is -2.81. The SMILES string of the molecule is CC(C)OC(=O)c1ccc(B(O)O)c(NC=C(C#N)C#N)c1. The Morgan fingerprint density at radius 2 is 2.00 bits per heavy atom. The zero-order valence-corrected chi connectivity index (χ0v) is 12.1. The van der Waals surface area contributed by atoms with E-state index in [0.717, 1.165) is 6.20 Å². The van der Waals surface area contributed by atoms with Crippen molar-refractivity contribution in [1.29, 1.82) is 10.5 Å². The molecule has 0 saturated carbocycles. The summed E-state index contributed by atoms with van der Waals surface area (Å²) in [6.45, 7) is 3.41. The van der Waals surface area contributed by atoms with E-state index in [2.05, 4.69) is 5.32 Å². The molecule has 0 radical (unpaired) electrons. The van der Waals surface area contributed by atoms with Crippen LogP contribution < -0.4 is 10.8 Å². The third kappa shape index (κ3) is 4.63. The number of nitrogens with one attached hydrogen (secondary N) is 1. The summed E-state index contributed by atoms with van der Waals surface area (Å²) in [6, 6.07) is 7.40. The summed E-state index contributed by atoms with van der Waals surface area (Å²) in [4.78, 5) is 11.8. The van der Waals surface area contributed by atoms with Gasteiger partial charge in [-0.25, -0.2) is 4.79 Å². The molecular formula is C14H14BN3O4. The number of hydrogen-bond donors (Lipinski definition) is 3. The van der Waals surface area contributed by atoms with Gasteiger partial charge in [0.05, 0.1) is 11.7 Å². The van der Waals surface area contributed by atoms with Gasteiger partial charge < -0.3 is 20.1 Å². The van der Waals surface area contributed by atoms with Gasteiger partial charge in [-0.05, 0) is 26.0 Å². The number of benzene rings is 1. The molecule has 3 N–H and O–H groups in total. The lowest BCUT2D eigenvalue weighted by atomic mass is 9.78. The molecule has 112 valence electrons. The van der Waals surface area contributed by atoms with Gasteiger partial charge in [0.25, 0.3) is 0 Å². The van der Waals surface area contributed by atoms with Crippen LogP contribution in [0.5, 0.6) is 0 Å². The minimum atomic E-state index is -1.78. The highest BCUT2D eigenvalue weighted by atomic mass is 16.5. The number of carbonyl (C=O) groups excluding carboxylic acids is 1. The maximum Gasteiger partial charge on any atom is 0.490 e. The molecule has 8 heteroatoms. The summed E-state index contributed by atoms with van der Waals surface area (Å²) in [5.74, 6) is -0.568. The fourth-order valence-corrected chi connectivity index (χ4v) is 1.55. The molecule has 0 fully saturated rings. The van der Waals surface area contributed by atoms with Crippen LogP contribution in [0.2, 0.25) is 0 Å². The number of nitrogens with zero attached hydrogens (tertiary/aromatic N) is 2. The quantitative estimate of drug-likeness (QED) is 0.405. The van der Waals surface area contributed by atoms with E-state index < -0.39 is 13.1 Å². The Morgan fingerprint density at radius 3 is 2.50 bits per heavy atom. The van der Waals surface area contributed by atoms with Crippen LogP contribution in [0.25, 0.3) is 0 Å². The summed E-state index contributed by atoms with van der Waals surface area (Å²) in [5.41, 5.74) is 0.266. The van der Waals surface area contributed by atoms with Gasteiger partial charge in [-0.1, -0.05) is 6.07 Å². The summed E-state index contributed by atoms with van der Waals surface area (Å²) in [5, 5.41) is 38.6. The van der Waals surface area contributed by atoms with Crippen LogP contribution in [0, 0.1) is 22.7 Å². The third-order valence-electron chi connectivity index (χ3n) is 2.52. The van der Waals surface area contributed by atoms with E-state index >= 15 is 0 Å². The molecule has 0 aromatic heterocycles. The minimum absolute atomic E-state index is 0.0903. The van der Waals surface area contributed by atoms with Crippen LogP contribution in [-0.4, -0.2) is 29.2 Å². The topological polar surface area (TPSA) is 126 Å². The molecule has 1 aromatic rings. The monoisotopic (exact) mass is 299 g/mol. The molecule has 0 aliphatic rings. The van der Waals surface area contributed by atoms with E-state index in [1.807, 2.05) is 0 Å². The lowest BCUT2D eigenvalue weighted by Crippen LogP contribution is -2.32. The molecule has 0 saturated heterocycles. The van der Waals surface area contributed by atoms with Crippen molar-refractivity contribution in [2.75, 3.05) is 5.32 Å². The number of nitriles is 2. The zero-order chi connectivity index (χ0) is 16.7. The molecule has 0 spiro atoms. The number of allylic oxidation sites excluding steroid dienone is 1. The highest BCUT2D eigenvalue weighted by Crippen LogP contribution is 2.12. The fourth-order valence-electron chi connectivity index (χ4n) is 1.55. The van der Waals surface area contributed by atoms with Gasteiger partial charge in [-0.15, -0.1) is 0 Å². The first-order chi connectivity index (χ1) is 10.4. The first-order valence-electron chi connectivity index (χ1n) is 6.37. The van der Waals surface area contributed by atoms with Crippen LogP contribution in [0.3, 0.4) is 0 Å². The number of carbonyl (C=O) groups is 1. The molecule has 22 heavy (non-hydrogen) atoms. The van der Waals surface area contributed by atoms with Crippen molar-refractivity contribution < 1.29 is 19.6 Å². The lowest BCUT2D eigenvalue weighted by Gasteiger charge is -2.12. The summed E-state index contributed by atoms with van der Waals surface area (Å²) < 4.78 is 5.05. The lowest BCUT2D eigenvalue weighted by molar-refractivity contribution is 0.0378. The Bertz CT molecular complexity index is 656. The van der Waals surface area contributed by atoms with Crippen molar-refractivity contribution in [3.8, 4) is 12.1 Å². The van der Waals surface area contributed by atoms with Gasteiger partial charge in [0.1, 0.15) is 17.7 Å². The van der Waals surface area contributed by atoms with Crippen LogP contribution in [0.4, 0.5) is 5.69 Å². The maximum atomic E-state index is 11.8. The summed E-state index contributed by atoms with van der Waals surface area (Å²) >= 11 is 0. The molecule has 0 heterocycles. The van der Waals surface area contributed by atoms with Crippen LogP contribution in [-0.2, 0) is 4.74 Å². The van der Waals surface area contributed by atoms with E-state index in [-0.39, 0.29) is 28.4 Å². The molecule has 0 amide bonds. The summed E-state index contributed by atoms with van der Waals surface area (Å²) in [6.07, 6.45) is 0.814. The smallest absolute Gasteiger partial charge is 0.459 e. The zero-order valence-electron chi connectivity index (χ0n) is 12.1. The van der Waals surface area contributed by atoms with Crippen molar-refractivity contribution in [1.82, 2.24) is 0 Å². The fraction of sp³-hybridized carbons (Fsp3) is 0.214. The predicted octanol–water partition coefficient (Wildman–Crippen LogP) is 0.275. The highest BCUT2D eigenvalue weighted by Gasteiger charge is 2.18. The van der Waals surface area contributed by atoms with Crippen molar-refractivity contribution in [3.63, 3.8) is 0 Å². The Labute approximate surface area is 128 Å². The van der Waals surface area contributed by atoms with E-state index in [4.69, 9.17) is 15.3 Å². The second-order valence-corrected chi connectivity index (χ2v) is 4.56. The van der Waals surface area contributed by atoms with E-state index in [1.165, 1.54) is 18.2 Å². The standard InChI is InChI=1S/C14H14BN3O4/c1-9(2)22-14(19)11-3-4-12(15(20)21)13(5-11)18-8-10(6-16)7-17/h3-5,8-9,18,20-21H,1-2H3. The first-order valence-corrected chi connectivity index (χ1v) is 6.37. The normalized spacial score (nSPS) is 9.41. The number of ether oxygens (including phenoxy) is 1. The number of hydrogen-bond acceptors (Lipinski definition) is 7. The molecule has 1 rings (SSSR count). The van der Waals surface area contributed by atoms with Crippen molar-refractivity contribution >= 4 is 24.2 Å². The van der Waals surface area contributed by atoms with Crippen LogP contribution in [0.1, 0.15) is 24.2 Å². The molecule has 0 atom stereocenters. The second kappa shape index (κ2) is 7.84. The van der Waals surface area contributed by atoms with Gasteiger partial charge >= 0.3 is 13.1 Å². The maximum absolute atomic E-state index is 11.8. The third-order valence-corrected chi connectivity index (χ3v) is 2.52.